The van der Waals surface area contributed by atoms with Gasteiger partial charge in [-0.25, -0.2) is 0 Å². The fourth-order valence-electron chi connectivity index (χ4n) is 2.84. The average molecular weight is 434 g/mol. The van der Waals surface area contributed by atoms with Gasteiger partial charge in [0.1, 0.15) is 12.6 Å². The van der Waals surface area contributed by atoms with E-state index in [1.165, 1.54) is 0 Å². The van der Waals surface area contributed by atoms with Crippen LogP contribution in [0.1, 0.15) is 34.3 Å². The number of hydrogen-bond acceptors (Lipinski definition) is 6. The molecule has 2 aromatic carbocycles. The first-order valence-corrected chi connectivity index (χ1v) is 10.4. The SMILES string of the molecule is NC[C@H](NC(=O)c1ccc(C#Cc2ccc(NC(=O)CNC3CC3)cc2)cc1)C(=O)CO. The van der Waals surface area contributed by atoms with E-state index < -0.39 is 24.3 Å². The van der Waals surface area contributed by atoms with Crippen molar-refractivity contribution in [3.63, 3.8) is 0 Å². The minimum Gasteiger partial charge on any atom is -0.388 e. The predicted molar refractivity (Wildman–Crippen MR) is 121 cm³/mol. The molecule has 1 aliphatic carbocycles. The zero-order valence-corrected chi connectivity index (χ0v) is 17.6. The summed E-state index contributed by atoms with van der Waals surface area (Å²) in [6, 6.07) is 13.4. The molecule has 0 aliphatic heterocycles. The summed E-state index contributed by atoms with van der Waals surface area (Å²) in [5.41, 5.74) is 8.04. The Morgan fingerprint density at radius 1 is 1.00 bits per heavy atom. The number of rotatable bonds is 9. The standard InChI is InChI=1S/C24H26N4O4/c25-13-21(22(30)15-29)28-24(32)18-7-3-16(4-8-18)1-2-17-5-9-20(10-6-17)27-23(31)14-26-19-11-12-19/h3-10,19,21,26,29H,11-15,25H2,(H,27,31)(H,28,32)/t21-/m0/s1. The van der Waals surface area contributed by atoms with Gasteiger partial charge in [0, 0.05) is 35.0 Å². The Balaban J connectivity index is 1.54. The van der Waals surface area contributed by atoms with Gasteiger partial charge in [-0.3, -0.25) is 14.4 Å². The van der Waals surface area contributed by atoms with Crippen molar-refractivity contribution in [2.24, 2.45) is 5.73 Å². The van der Waals surface area contributed by atoms with Gasteiger partial charge < -0.3 is 26.8 Å². The molecule has 2 aromatic rings. The van der Waals surface area contributed by atoms with Crippen LogP contribution in [0.25, 0.3) is 0 Å². The molecule has 6 N–H and O–H groups in total. The van der Waals surface area contributed by atoms with Crippen molar-refractivity contribution in [2.75, 3.05) is 25.0 Å². The van der Waals surface area contributed by atoms with Gasteiger partial charge in [-0.1, -0.05) is 11.8 Å². The Morgan fingerprint density at radius 3 is 2.12 bits per heavy atom. The number of aliphatic hydroxyl groups is 1. The number of Topliss-reactive ketones (excluding diaryl/α,β-unsaturated/α-hetero) is 1. The van der Waals surface area contributed by atoms with Crippen LogP contribution >= 0.6 is 0 Å². The molecule has 0 bridgehead atoms. The molecule has 1 aliphatic rings. The van der Waals surface area contributed by atoms with Gasteiger partial charge in [-0.15, -0.1) is 0 Å². The predicted octanol–water partition coefficient (Wildman–Crippen LogP) is 0.395. The molecule has 0 spiro atoms. The van der Waals surface area contributed by atoms with Gasteiger partial charge in [0.05, 0.1) is 6.54 Å². The molecule has 8 nitrogen and oxygen atoms in total. The number of ketones is 1. The number of nitrogens with two attached hydrogens (primary N) is 1. The molecule has 1 atom stereocenters. The van der Waals surface area contributed by atoms with E-state index in [-0.39, 0.29) is 12.5 Å². The molecule has 2 amide bonds. The number of aliphatic hydroxyl groups excluding tert-OH is 1. The van der Waals surface area contributed by atoms with E-state index in [0.29, 0.717) is 29.4 Å². The Morgan fingerprint density at radius 2 is 1.59 bits per heavy atom. The lowest BCUT2D eigenvalue weighted by Gasteiger charge is -2.14. The van der Waals surface area contributed by atoms with Crippen LogP contribution in [0.2, 0.25) is 0 Å². The zero-order valence-electron chi connectivity index (χ0n) is 17.6. The number of benzene rings is 2. The lowest BCUT2D eigenvalue weighted by Crippen LogP contribution is -2.46. The van der Waals surface area contributed by atoms with Gasteiger partial charge in [0.2, 0.25) is 5.91 Å². The summed E-state index contributed by atoms with van der Waals surface area (Å²) in [6.45, 7) is -0.457. The molecular weight excluding hydrogens is 408 g/mol. The molecule has 0 saturated heterocycles. The number of carbonyl (C=O) groups excluding carboxylic acids is 3. The van der Waals surface area contributed by atoms with Crippen molar-refractivity contribution >= 4 is 23.3 Å². The van der Waals surface area contributed by atoms with E-state index in [2.05, 4.69) is 27.8 Å². The highest BCUT2D eigenvalue weighted by Crippen LogP contribution is 2.18. The van der Waals surface area contributed by atoms with Crippen molar-refractivity contribution in [3.8, 4) is 11.8 Å². The van der Waals surface area contributed by atoms with E-state index >= 15 is 0 Å². The smallest absolute Gasteiger partial charge is 0.251 e. The first kappa shape index (κ1) is 23.2. The van der Waals surface area contributed by atoms with Crippen molar-refractivity contribution < 1.29 is 19.5 Å². The van der Waals surface area contributed by atoms with Crippen LogP contribution in [-0.4, -0.2) is 54.5 Å². The van der Waals surface area contributed by atoms with Crippen molar-refractivity contribution in [3.05, 3.63) is 65.2 Å². The van der Waals surface area contributed by atoms with Crippen molar-refractivity contribution in [1.82, 2.24) is 10.6 Å². The van der Waals surface area contributed by atoms with Crippen LogP contribution in [0.4, 0.5) is 5.69 Å². The second-order valence-electron chi connectivity index (χ2n) is 7.49. The lowest BCUT2D eigenvalue weighted by atomic mass is 10.1. The van der Waals surface area contributed by atoms with Crippen LogP contribution in [0.3, 0.4) is 0 Å². The van der Waals surface area contributed by atoms with Crippen LogP contribution in [0, 0.1) is 11.8 Å². The van der Waals surface area contributed by atoms with E-state index in [9.17, 15) is 14.4 Å². The molecule has 0 radical (unpaired) electrons. The molecule has 3 rings (SSSR count). The number of nitrogens with one attached hydrogen (secondary N) is 3. The Hall–Kier alpha value is -3.51. The number of hydrogen-bond donors (Lipinski definition) is 5. The van der Waals surface area contributed by atoms with E-state index in [4.69, 9.17) is 10.8 Å². The maximum Gasteiger partial charge on any atom is 0.251 e. The summed E-state index contributed by atoms with van der Waals surface area (Å²) in [5.74, 6) is 5.00. The molecule has 8 heteroatoms. The van der Waals surface area contributed by atoms with Gasteiger partial charge in [0.15, 0.2) is 5.78 Å². The molecule has 0 heterocycles. The second kappa shape index (κ2) is 11.2. The third-order valence-corrected chi connectivity index (χ3v) is 4.88. The highest BCUT2D eigenvalue weighted by atomic mass is 16.3. The Labute approximate surface area is 186 Å². The summed E-state index contributed by atoms with van der Waals surface area (Å²) in [4.78, 5) is 35.6. The van der Waals surface area contributed by atoms with Gasteiger partial charge >= 0.3 is 0 Å². The monoisotopic (exact) mass is 434 g/mol. The van der Waals surface area contributed by atoms with Gasteiger partial charge in [-0.2, -0.15) is 0 Å². The third kappa shape index (κ3) is 7.03. The summed E-state index contributed by atoms with van der Waals surface area (Å²) >= 11 is 0. The van der Waals surface area contributed by atoms with Crippen LogP contribution < -0.4 is 21.7 Å². The molecule has 1 fully saturated rings. The normalized spacial score (nSPS) is 13.4. The summed E-state index contributed by atoms with van der Waals surface area (Å²) in [6.07, 6.45) is 2.27. The lowest BCUT2D eigenvalue weighted by molar-refractivity contribution is -0.123. The average Bonchev–Trinajstić information content (AvgIpc) is 3.65. The molecule has 1 saturated carbocycles. The minimum atomic E-state index is -0.922. The number of amides is 2. The summed E-state index contributed by atoms with van der Waals surface area (Å²) in [5, 5.41) is 17.4. The maximum absolute atomic E-state index is 12.2. The minimum absolute atomic E-state index is 0.0710. The van der Waals surface area contributed by atoms with Gasteiger partial charge in [0.25, 0.3) is 5.91 Å². The van der Waals surface area contributed by atoms with Crippen LogP contribution in [0.5, 0.6) is 0 Å². The molecule has 32 heavy (non-hydrogen) atoms. The summed E-state index contributed by atoms with van der Waals surface area (Å²) in [7, 11) is 0. The zero-order chi connectivity index (χ0) is 22.9. The molecule has 0 unspecified atom stereocenters. The van der Waals surface area contributed by atoms with Crippen molar-refractivity contribution in [1.29, 1.82) is 0 Å². The van der Waals surface area contributed by atoms with Crippen LogP contribution in [0.15, 0.2) is 48.5 Å². The Bertz CT molecular complexity index is 1020. The first-order valence-electron chi connectivity index (χ1n) is 10.4. The van der Waals surface area contributed by atoms with Gasteiger partial charge in [-0.05, 0) is 61.4 Å². The quantitative estimate of drug-likeness (QED) is 0.363. The Kier molecular flexibility index (Phi) is 8.11. The fourth-order valence-corrected chi connectivity index (χ4v) is 2.84. The third-order valence-electron chi connectivity index (χ3n) is 4.88. The van der Waals surface area contributed by atoms with E-state index in [1.807, 2.05) is 12.1 Å². The molecule has 0 aromatic heterocycles. The van der Waals surface area contributed by atoms with Crippen molar-refractivity contribution in [2.45, 2.75) is 24.9 Å². The van der Waals surface area contributed by atoms with E-state index in [1.54, 1.807) is 36.4 Å². The second-order valence-corrected chi connectivity index (χ2v) is 7.49. The number of carbonyl (C=O) groups is 3. The summed E-state index contributed by atoms with van der Waals surface area (Å²) < 4.78 is 0. The fraction of sp³-hybridized carbons (Fsp3) is 0.292. The molecule has 166 valence electrons. The highest BCUT2D eigenvalue weighted by Gasteiger charge is 2.21. The van der Waals surface area contributed by atoms with E-state index in [0.717, 1.165) is 18.4 Å². The molecular formula is C24H26N4O4. The topological polar surface area (TPSA) is 134 Å². The number of anilines is 1. The largest absolute Gasteiger partial charge is 0.388 e. The highest BCUT2D eigenvalue weighted by molar-refractivity contribution is 5.98. The van der Waals surface area contributed by atoms with Crippen LogP contribution in [-0.2, 0) is 9.59 Å². The maximum atomic E-state index is 12.2. The first-order chi connectivity index (χ1) is 15.5.